The van der Waals surface area contributed by atoms with Gasteiger partial charge in [-0.15, -0.1) is 10.2 Å². The Hall–Kier alpha value is -2.60. The number of carbonyl (C=O) groups excluding carboxylic acids is 1. The Bertz CT molecular complexity index is 880. The first-order valence-electron chi connectivity index (χ1n) is 9.67. The molecule has 0 aliphatic heterocycles. The lowest BCUT2D eigenvalue weighted by Crippen LogP contribution is -2.31. The van der Waals surface area contributed by atoms with Gasteiger partial charge in [-0.3, -0.25) is 9.36 Å². The number of nitrogens with zero attached hydrogens (tertiary/aromatic N) is 3. The Morgan fingerprint density at radius 1 is 1.07 bits per heavy atom. The lowest BCUT2D eigenvalue weighted by molar-refractivity contribution is -0.121. The second-order valence-corrected chi connectivity index (χ2v) is 7.73. The van der Waals surface area contributed by atoms with Crippen molar-refractivity contribution in [1.29, 1.82) is 0 Å². The van der Waals surface area contributed by atoms with Crippen molar-refractivity contribution in [3.8, 4) is 17.1 Å². The first kappa shape index (κ1) is 20.1. The standard InChI is InChI=1S/C22H26N4OS/c1-3-17(2)23-20(27)15-10-16-28-22-25-24-21(18-11-6-4-7-12-18)26(22)19-13-8-5-9-14-19/h4-9,11-14,17H,3,10,15-16H2,1-2H3,(H,23,27). The number of benzene rings is 2. The Balaban J connectivity index is 1.71. The average molecular weight is 395 g/mol. The van der Waals surface area contributed by atoms with E-state index in [0.29, 0.717) is 6.42 Å². The number of amides is 1. The van der Waals surface area contributed by atoms with Crippen molar-refractivity contribution in [3.05, 3.63) is 60.7 Å². The molecule has 0 aliphatic rings. The summed E-state index contributed by atoms with van der Waals surface area (Å²) >= 11 is 1.63. The molecule has 146 valence electrons. The van der Waals surface area contributed by atoms with Crippen LogP contribution in [0.15, 0.2) is 65.8 Å². The summed E-state index contributed by atoms with van der Waals surface area (Å²) in [6, 6.07) is 20.4. The minimum absolute atomic E-state index is 0.115. The van der Waals surface area contributed by atoms with Gasteiger partial charge in [-0.1, -0.05) is 67.2 Å². The monoisotopic (exact) mass is 394 g/mol. The van der Waals surface area contributed by atoms with Gasteiger partial charge < -0.3 is 5.32 Å². The second kappa shape index (κ2) is 10.1. The molecule has 3 aromatic rings. The van der Waals surface area contributed by atoms with Crippen LogP contribution >= 0.6 is 11.8 Å². The van der Waals surface area contributed by atoms with Crippen molar-refractivity contribution in [2.24, 2.45) is 0 Å². The minimum atomic E-state index is 0.115. The van der Waals surface area contributed by atoms with Crippen LogP contribution in [0.25, 0.3) is 17.1 Å². The Morgan fingerprint density at radius 3 is 2.43 bits per heavy atom. The first-order valence-corrected chi connectivity index (χ1v) is 10.7. The zero-order chi connectivity index (χ0) is 19.8. The molecule has 28 heavy (non-hydrogen) atoms. The minimum Gasteiger partial charge on any atom is -0.354 e. The molecule has 0 saturated carbocycles. The van der Waals surface area contributed by atoms with Gasteiger partial charge in [0.1, 0.15) is 0 Å². The summed E-state index contributed by atoms with van der Waals surface area (Å²) in [4.78, 5) is 11.9. The summed E-state index contributed by atoms with van der Waals surface area (Å²) in [7, 11) is 0. The van der Waals surface area contributed by atoms with Gasteiger partial charge in [-0.2, -0.15) is 0 Å². The van der Waals surface area contributed by atoms with Crippen LogP contribution in [0.1, 0.15) is 33.1 Å². The third kappa shape index (κ3) is 5.23. The smallest absolute Gasteiger partial charge is 0.220 e. The Morgan fingerprint density at radius 2 is 1.75 bits per heavy atom. The molecule has 5 nitrogen and oxygen atoms in total. The van der Waals surface area contributed by atoms with E-state index in [-0.39, 0.29) is 11.9 Å². The van der Waals surface area contributed by atoms with Crippen LogP contribution in [0.2, 0.25) is 0 Å². The predicted octanol–water partition coefficient (Wildman–Crippen LogP) is 4.72. The highest BCUT2D eigenvalue weighted by atomic mass is 32.2. The highest BCUT2D eigenvalue weighted by molar-refractivity contribution is 7.99. The summed E-state index contributed by atoms with van der Waals surface area (Å²) < 4.78 is 2.08. The summed E-state index contributed by atoms with van der Waals surface area (Å²) in [5.74, 6) is 1.75. The molecule has 0 spiro atoms. The van der Waals surface area contributed by atoms with E-state index in [4.69, 9.17) is 0 Å². The van der Waals surface area contributed by atoms with Gasteiger partial charge in [0.2, 0.25) is 5.91 Å². The van der Waals surface area contributed by atoms with Crippen LogP contribution in [-0.4, -0.2) is 32.5 Å². The molecule has 1 unspecified atom stereocenters. The topological polar surface area (TPSA) is 59.8 Å². The van der Waals surface area contributed by atoms with Gasteiger partial charge in [0, 0.05) is 29.5 Å². The maximum absolute atomic E-state index is 11.9. The molecule has 1 aromatic heterocycles. The van der Waals surface area contributed by atoms with Crippen molar-refractivity contribution in [2.75, 3.05) is 5.75 Å². The number of hydrogen-bond acceptors (Lipinski definition) is 4. The first-order chi connectivity index (χ1) is 13.7. The molecule has 0 aliphatic carbocycles. The summed E-state index contributed by atoms with van der Waals surface area (Å²) in [6.07, 6.45) is 2.28. The number of aromatic nitrogens is 3. The van der Waals surface area contributed by atoms with Crippen LogP contribution in [0, 0.1) is 0 Å². The molecule has 1 atom stereocenters. The molecule has 2 aromatic carbocycles. The van der Waals surface area contributed by atoms with Crippen molar-refractivity contribution in [2.45, 2.75) is 44.3 Å². The number of carbonyl (C=O) groups is 1. The summed E-state index contributed by atoms with van der Waals surface area (Å²) in [5, 5.41) is 12.7. The largest absolute Gasteiger partial charge is 0.354 e. The number of hydrogen-bond donors (Lipinski definition) is 1. The van der Waals surface area contributed by atoms with E-state index in [1.165, 1.54) is 0 Å². The van der Waals surface area contributed by atoms with Crippen LogP contribution in [0.5, 0.6) is 0 Å². The van der Waals surface area contributed by atoms with Crippen molar-refractivity contribution < 1.29 is 4.79 Å². The van der Waals surface area contributed by atoms with Crippen LogP contribution in [0.3, 0.4) is 0 Å². The fourth-order valence-corrected chi connectivity index (χ4v) is 3.68. The fraction of sp³-hybridized carbons (Fsp3) is 0.318. The quantitative estimate of drug-likeness (QED) is 0.421. The second-order valence-electron chi connectivity index (χ2n) is 6.67. The Kier molecular flexibility index (Phi) is 7.25. The van der Waals surface area contributed by atoms with Gasteiger partial charge in [-0.05, 0) is 31.9 Å². The molecule has 1 N–H and O–H groups in total. The zero-order valence-electron chi connectivity index (χ0n) is 16.3. The molecule has 0 radical (unpaired) electrons. The molecular weight excluding hydrogens is 368 g/mol. The van der Waals surface area contributed by atoms with Crippen LogP contribution < -0.4 is 5.32 Å². The number of rotatable bonds is 9. The van der Waals surface area contributed by atoms with E-state index in [9.17, 15) is 4.79 Å². The third-order valence-corrected chi connectivity index (χ3v) is 5.49. The third-order valence-electron chi connectivity index (χ3n) is 4.48. The average Bonchev–Trinajstić information content (AvgIpc) is 3.16. The van der Waals surface area contributed by atoms with Crippen molar-refractivity contribution in [1.82, 2.24) is 20.1 Å². The van der Waals surface area contributed by atoms with Gasteiger partial charge in [0.05, 0.1) is 0 Å². The van der Waals surface area contributed by atoms with E-state index in [1.54, 1.807) is 11.8 Å². The SMILES string of the molecule is CCC(C)NC(=O)CCCSc1nnc(-c2ccccc2)n1-c1ccccc1. The maximum atomic E-state index is 11.9. The molecular formula is C22H26N4OS. The normalized spacial score (nSPS) is 11.9. The summed E-state index contributed by atoms with van der Waals surface area (Å²) in [5.41, 5.74) is 2.06. The van der Waals surface area contributed by atoms with E-state index in [0.717, 1.165) is 40.8 Å². The maximum Gasteiger partial charge on any atom is 0.220 e. The van der Waals surface area contributed by atoms with Gasteiger partial charge in [0.25, 0.3) is 0 Å². The van der Waals surface area contributed by atoms with Crippen molar-refractivity contribution >= 4 is 17.7 Å². The van der Waals surface area contributed by atoms with Crippen LogP contribution in [-0.2, 0) is 4.79 Å². The number of para-hydroxylation sites is 1. The van der Waals surface area contributed by atoms with E-state index >= 15 is 0 Å². The molecule has 1 amide bonds. The van der Waals surface area contributed by atoms with Crippen LogP contribution in [0.4, 0.5) is 0 Å². The highest BCUT2D eigenvalue weighted by Crippen LogP contribution is 2.28. The molecule has 0 fully saturated rings. The molecule has 0 bridgehead atoms. The summed E-state index contributed by atoms with van der Waals surface area (Å²) in [6.45, 7) is 4.10. The molecule has 6 heteroatoms. The van der Waals surface area contributed by atoms with Gasteiger partial charge in [-0.25, -0.2) is 0 Å². The molecule has 0 saturated heterocycles. The van der Waals surface area contributed by atoms with Gasteiger partial charge in [0.15, 0.2) is 11.0 Å². The molecule has 1 heterocycles. The van der Waals surface area contributed by atoms with E-state index in [1.807, 2.05) is 55.5 Å². The fourth-order valence-electron chi connectivity index (χ4n) is 2.79. The highest BCUT2D eigenvalue weighted by Gasteiger charge is 2.16. The number of thioether (sulfide) groups is 1. The van der Waals surface area contributed by atoms with Gasteiger partial charge >= 0.3 is 0 Å². The predicted molar refractivity (Wildman–Crippen MR) is 115 cm³/mol. The molecule has 3 rings (SSSR count). The number of nitrogens with one attached hydrogen (secondary N) is 1. The lowest BCUT2D eigenvalue weighted by atomic mass is 10.2. The lowest BCUT2D eigenvalue weighted by Gasteiger charge is -2.11. The zero-order valence-corrected chi connectivity index (χ0v) is 17.2. The Labute approximate surface area is 170 Å². The van der Waals surface area contributed by atoms with E-state index in [2.05, 4.69) is 39.1 Å². The van der Waals surface area contributed by atoms with E-state index < -0.39 is 0 Å². The van der Waals surface area contributed by atoms with Crippen molar-refractivity contribution in [3.63, 3.8) is 0 Å².